The van der Waals surface area contributed by atoms with E-state index in [2.05, 4.69) is 15.6 Å². The Morgan fingerprint density at radius 3 is 2.65 bits per heavy atom. The van der Waals surface area contributed by atoms with Crippen LogP contribution in [0.15, 0.2) is 54.7 Å². The lowest BCUT2D eigenvalue weighted by Gasteiger charge is -2.13. The van der Waals surface area contributed by atoms with Crippen LogP contribution in [0.5, 0.6) is 11.5 Å². The number of fused-ring (bicyclic) bond motifs is 1. The number of carbonyl (C=O) groups excluding carboxylic acids is 1. The van der Waals surface area contributed by atoms with E-state index < -0.39 is 15.7 Å². The summed E-state index contributed by atoms with van der Waals surface area (Å²) < 4.78 is 44.9. The van der Waals surface area contributed by atoms with Crippen molar-refractivity contribution >= 4 is 38.4 Å². The first-order valence-electron chi connectivity index (χ1n) is 13.3. The van der Waals surface area contributed by atoms with Crippen LogP contribution in [0.25, 0.3) is 11.0 Å². The van der Waals surface area contributed by atoms with Crippen molar-refractivity contribution in [1.82, 2.24) is 19.9 Å². The third-order valence-corrected chi connectivity index (χ3v) is 8.11. The van der Waals surface area contributed by atoms with Crippen molar-refractivity contribution in [1.29, 1.82) is 0 Å². The molecule has 1 fully saturated rings. The molecular formula is C29H32FN5O4S. The van der Waals surface area contributed by atoms with Crippen molar-refractivity contribution in [3.8, 4) is 11.5 Å². The van der Waals surface area contributed by atoms with Gasteiger partial charge in [0.1, 0.15) is 32.8 Å². The zero-order chi connectivity index (χ0) is 28.3. The number of hydrogen-bond acceptors (Lipinski definition) is 7. The first kappa shape index (κ1) is 27.6. The fourth-order valence-electron chi connectivity index (χ4n) is 5.02. The van der Waals surface area contributed by atoms with Crippen LogP contribution >= 0.6 is 0 Å². The Labute approximate surface area is 232 Å². The highest BCUT2D eigenvalue weighted by molar-refractivity contribution is 7.90. The molecule has 5 rings (SSSR count). The molecular weight excluding hydrogens is 533 g/mol. The van der Waals surface area contributed by atoms with Crippen LogP contribution in [0.3, 0.4) is 0 Å². The molecule has 1 saturated carbocycles. The lowest BCUT2D eigenvalue weighted by Crippen LogP contribution is -2.26. The van der Waals surface area contributed by atoms with E-state index in [1.54, 1.807) is 18.2 Å². The first-order chi connectivity index (χ1) is 19.2. The lowest BCUT2D eigenvalue weighted by molar-refractivity contribution is 0.0948. The van der Waals surface area contributed by atoms with E-state index in [4.69, 9.17) is 9.72 Å². The van der Waals surface area contributed by atoms with E-state index in [1.165, 1.54) is 18.3 Å². The number of nitrogens with one attached hydrogen (secondary N) is 2. The Morgan fingerprint density at radius 1 is 1.10 bits per heavy atom. The van der Waals surface area contributed by atoms with Crippen LogP contribution in [0, 0.1) is 5.82 Å². The number of halogens is 1. The van der Waals surface area contributed by atoms with Crippen molar-refractivity contribution in [2.75, 3.05) is 23.9 Å². The zero-order valence-electron chi connectivity index (χ0n) is 22.5. The average Bonchev–Trinajstić information content (AvgIpc) is 3.56. The van der Waals surface area contributed by atoms with Gasteiger partial charge in [-0.1, -0.05) is 12.8 Å². The van der Waals surface area contributed by atoms with Crippen molar-refractivity contribution in [2.45, 2.75) is 38.0 Å². The van der Waals surface area contributed by atoms with Gasteiger partial charge in [0.05, 0.1) is 16.8 Å². The molecule has 0 aliphatic heterocycles. The number of ether oxygens (including phenoxy) is 1. The van der Waals surface area contributed by atoms with Gasteiger partial charge in [-0.15, -0.1) is 0 Å². The Hall–Kier alpha value is -3.99. The molecule has 0 bridgehead atoms. The number of hydrogen-bond donors (Lipinski definition) is 2. The number of carbonyl (C=O) groups is 1. The van der Waals surface area contributed by atoms with Crippen LogP contribution in [0.4, 0.5) is 16.0 Å². The fraction of sp³-hybridized carbons (Fsp3) is 0.345. The van der Waals surface area contributed by atoms with Gasteiger partial charge in [0, 0.05) is 43.9 Å². The molecule has 210 valence electrons. The van der Waals surface area contributed by atoms with E-state index in [0.29, 0.717) is 29.4 Å². The van der Waals surface area contributed by atoms with Crippen LogP contribution in [0.2, 0.25) is 0 Å². The van der Waals surface area contributed by atoms with Crippen molar-refractivity contribution in [3.63, 3.8) is 0 Å². The monoisotopic (exact) mass is 565 g/mol. The quantitative estimate of drug-likeness (QED) is 0.245. The number of rotatable bonds is 10. The second-order valence-corrected chi connectivity index (χ2v) is 12.5. The highest BCUT2D eigenvalue weighted by Crippen LogP contribution is 2.37. The molecule has 1 aliphatic rings. The summed E-state index contributed by atoms with van der Waals surface area (Å²) >= 11 is 0. The Bertz CT molecular complexity index is 1650. The van der Waals surface area contributed by atoms with Gasteiger partial charge in [-0.05, 0) is 67.1 Å². The third kappa shape index (κ3) is 6.59. The molecule has 4 aromatic rings. The number of aromatic nitrogens is 3. The summed E-state index contributed by atoms with van der Waals surface area (Å²) in [5, 5.41) is 6.01. The molecule has 2 aromatic carbocycles. The summed E-state index contributed by atoms with van der Waals surface area (Å²) in [6.45, 7) is 0.227. The summed E-state index contributed by atoms with van der Waals surface area (Å²) in [5.41, 5.74) is 3.31. The Kier molecular flexibility index (Phi) is 8.02. The Morgan fingerprint density at radius 2 is 1.88 bits per heavy atom. The maximum absolute atomic E-state index is 14.5. The van der Waals surface area contributed by atoms with E-state index in [9.17, 15) is 17.6 Å². The number of sulfone groups is 1. The van der Waals surface area contributed by atoms with Crippen LogP contribution in [-0.4, -0.2) is 47.4 Å². The predicted molar refractivity (Wildman–Crippen MR) is 153 cm³/mol. The standard InChI is InChI=1S/C29H32FN5O4S/c1-35-27-11-9-21(39-22-12-14-31-26(18-22)28(36)32-13-5-15-40(2,37)38)17-25(27)34-29(35)33-20-8-10-24(30)23(16-20)19-6-3-4-7-19/h8-12,14,16-19H,3-7,13,15H2,1-2H3,(H,32,36)(H,33,34). The topological polar surface area (TPSA) is 115 Å². The summed E-state index contributed by atoms with van der Waals surface area (Å²) in [4.78, 5) is 21.2. The van der Waals surface area contributed by atoms with Gasteiger partial charge in [-0.3, -0.25) is 9.78 Å². The highest BCUT2D eigenvalue weighted by Gasteiger charge is 2.21. The van der Waals surface area contributed by atoms with Crippen molar-refractivity contribution < 1.29 is 22.3 Å². The van der Waals surface area contributed by atoms with Gasteiger partial charge in [-0.2, -0.15) is 0 Å². The molecule has 0 atom stereocenters. The number of anilines is 2. The molecule has 11 heteroatoms. The van der Waals surface area contributed by atoms with E-state index in [-0.39, 0.29) is 29.7 Å². The molecule has 40 heavy (non-hydrogen) atoms. The molecule has 1 amide bonds. The third-order valence-electron chi connectivity index (χ3n) is 7.08. The highest BCUT2D eigenvalue weighted by atomic mass is 32.2. The zero-order valence-corrected chi connectivity index (χ0v) is 23.3. The Balaban J connectivity index is 1.28. The molecule has 2 N–H and O–H groups in total. The lowest BCUT2D eigenvalue weighted by atomic mass is 9.96. The van der Waals surface area contributed by atoms with Gasteiger partial charge in [0.15, 0.2) is 0 Å². The minimum Gasteiger partial charge on any atom is -0.457 e. The molecule has 2 aromatic heterocycles. The van der Waals surface area contributed by atoms with Crippen LogP contribution in [-0.2, 0) is 16.9 Å². The van der Waals surface area contributed by atoms with Gasteiger partial charge in [-0.25, -0.2) is 17.8 Å². The number of aryl methyl sites for hydroxylation is 1. The first-order valence-corrected chi connectivity index (χ1v) is 15.3. The average molecular weight is 566 g/mol. The molecule has 9 nitrogen and oxygen atoms in total. The number of benzene rings is 2. The SMILES string of the molecule is Cn1c(Nc2ccc(F)c(C3CCCC3)c2)nc2cc(Oc3ccnc(C(=O)NCCCS(C)(=O)=O)c3)ccc21. The second kappa shape index (κ2) is 11.6. The normalized spacial score (nSPS) is 14.0. The number of nitrogens with zero attached hydrogens (tertiary/aromatic N) is 3. The maximum Gasteiger partial charge on any atom is 0.270 e. The van der Waals surface area contributed by atoms with E-state index in [0.717, 1.165) is 48.7 Å². The smallest absolute Gasteiger partial charge is 0.270 e. The summed E-state index contributed by atoms with van der Waals surface area (Å²) in [7, 11) is -1.17. The van der Waals surface area contributed by atoms with E-state index in [1.807, 2.05) is 29.8 Å². The van der Waals surface area contributed by atoms with E-state index >= 15 is 0 Å². The summed E-state index contributed by atoms with van der Waals surface area (Å²) in [5.74, 6) is 1.28. The molecule has 0 saturated heterocycles. The summed E-state index contributed by atoms with van der Waals surface area (Å²) in [6.07, 6.45) is 7.27. The number of imidazole rings is 1. The van der Waals surface area contributed by atoms with Crippen molar-refractivity contribution in [2.24, 2.45) is 7.05 Å². The van der Waals surface area contributed by atoms with Gasteiger partial charge in [0.2, 0.25) is 5.95 Å². The minimum atomic E-state index is -3.08. The van der Waals surface area contributed by atoms with Crippen LogP contribution < -0.4 is 15.4 Å². The summed E-state index contributed by atoms with van der Waals surface area (Å²) in [6, 6.07) is 13.8. The second-order valence-electron chi connectivity index (χ2n) is 10.2. The fourth-order valence-corrected chi connectivity index (χ4v) is 5.69. The van der Waals surface area contributed by atoms with Gasteiger partial charge >= 0.3 is 0 Å². The minimum absolute atomic E-state index is 0.00247. The maximum atomic E-state index is 14.5. The van der Waals surface area contributed by atoms with Crippen molar-refractivity contribution in [3.05, 3.63) is 71.8 Å². The van der Waals surface area contributed by atoms with Crippen LogP contribution in [0.1, 0.15) is 54.1 Å². The molecule has 1 aliphatic carbocycles. The molecule has 2 heterocycles. The van der Waals surface area contributed by atoms with Gasteiger partial charge < -0.3 is 19.9 Å². The predicted octanol–water partition coefficient (Wildman–Crippen LogP) is 5.47. The van der Waals surface area contributed by atoms with Gasteiger partial charge in [0.25, 0.3) is 5.91 Å². The molecule has 0 unspecified atom stereocenters. The molecule has 0 radical (unpaired) electrons. The number of pyridine rings is 1. The molecule has 0 spiro atoms. The largest absolute Gasteiger partial charge is 0.457 e. The number of amides is 1.